The molecular weight excluding hydrogens is 236 g/mol. The molecule has 4 unspecified atom stereocenters. The highest BCUT2D eigenvalue weighted by atomic mass is 16.5. The minimum absolute atomic E-state index is 0.378. The van der Waals surface area contributed by atoms with Gasteiger partial charge in [-0.25, -0.2) is 0 Å². The first-order valence-electron chi connectivity index (χ1n) is 8.15. The van der Waals surface area contributed by atoms with Crippen LogP contribution in [0.25, 0.3) is 0 Å². The van der Waals surface area contributed by atoms with E-state index in [9.17, 15) is 0 Å². The lowest BCUT2D eigenvalue weighted by Crippen LogP contribution is -2.45. The van der Waals surface area contributed by atoms with Gasteiger partial charge in [-0.2, -0.15) is 0 Å². The summed E-state index contributed by atoms with van der Waals surface area (Å²) in [6, 6.07) is 0.412. The Morgan fingerprint density at radius 3 is 2.84 bits per heavy atom. The Kier molecular flexibility index (Phi) is 5.67. The van der Waals surface area contributed by atoms with Crippen LogP contribution in [0.1, 0.15) is 46.5 Å². The maximum absolute atomic E-state index is 6.37. The van der Waals surface area contributed by atoms with Gasteiger partial charge in [0.1, 0.15) is 0 Å². The van der Waals surface area contributed by atoms with Crippen LogP contribution < -0.4 is 5.73 Å². The van der Waals surface area contributed by atoms with Crippen LogP contribution in [0.4, 0.5) is 0 Å². The summed E-state index contributed by atoms with van der Waals surface area (Å²) in [5, 5.41) is 0. The molecule has 0 aromatic rings. The third-order valence-electron chi connectivity index (χ3n) is 5.05. The van der Waals surface area contributed by atoms with Gasteiger partial charge in [-0.05, 0) is 50.4 Å². The zero-order valence-electron chi connectivity index (χ0n) is 13.0. The molecule has 0 aromatic carbocycles. The number of rotatable bonds is 3. The van der Waals surface area contributed by atoms with Gasteiger partial charge in [0.15, 0.2) is 0 Å². The molecule has 1 aliphatic carbocycles. The molecule has 0 radical (unpaired) electrons. The summed E-state index contributed by atoms with van der Waals surface area (Å²) in [5.41, 5.74) is 6.37. The summed E-state index contributed by atoms with van der Waals surface area (Å²) in [7, 11) is 0. The zero-order valence-corrected chi connectivity index (χ0v) is 13.0. The molecule has 3 heteroatoms. The van der Waals surface area contributed by atoms with Crippen molar-refractivity contribution in [2.45, 2.75) is 58.6 Å². The van der Waals surface area contributed by atoms with E-state index in [0.29, 0.717) is 18.1 Å². The number of hydrogen-bond donors (Lipinski definition) is 1. The highest BCUT2D eigenvalue weighted by Crippen LogP contribution is 2.33. The predicted octanol–water partition coefficient (Wildman–Crippen LogP) is 2.50. The molecule has 112 valence electrons. The van der Waals surface area contributed by atoms with Gasteiger partial charge >= 0.3 is 0 Å². The van der Waals surface area contributed by atoms with Crippen LogP contribution >= 0.6 is 0 Å². The molecule has 2 fully saturated rings. The Balaban J connectivity index is 1.88. The maximum Gasteiger partial charge on any atom is 0.0673 e. The molecular formula is C16H32N2O. The summed E-state index contributed by atoms with van der Waals surface area (Å²) in [5.74, 6) is 2.37. The molecule has 1 saturated heterocycles. The second-order valence-electron chi connectivity index (χ2n) is 7.04. The Hall–Kier alpha value is -0.120. The lowest BCUT2D eigenvalue weighted by molar-refractivity contribution is 0.0609. The Labute approximate surface area is 118 Å². The van der Waals surface area contributed by atoms with Crippen LogP contribution in [0.2, 0.25) is 0 Å². The fourth-order valence-corrected chi connectivity index (χ4v) is 3.72. The first-order valence-corrected chi connectivity index (χ1v) is 8.15. The normalized spacial score (nSPS) is 38.4. The number of nitrogens with two attached hydrogens (primary N) is 1. The molecule has 0 spiro atoms. The van der Waals surface area contributed by atoms with Gasteiger partial charge in [0.25, 0.3) is 0 Å². The van der Waals surface area contributed by atoms with Gasteiger partial charge in [0, 0.05) is 32.3 Å². The third-order valence-corrected chi connectivity index (χ3v) is 5.05. The molecule has 1 heterocycles. The van der Waals surface area contributed by atoms with Gasteiger partial charge in [-0.1, -0.05) is 13.8 Å². The fraction of sp³-hybridized carbons (Fsp3) is 1.00. The van der Waals surface area contributed by atoms with Crippen molar-refractivity contribution in [3.63, 3.8) is 0 Å². The molecule has 2 rings (SSSR count). The van der Waals surface area contributed by atoms with Crippen LogP contribution in [0, 0.1) is 17.8 Å². The molecule has 4 atom stereocenters. The summed E-state index contributed by atoms with van der Waals surface area (Å²) in [6.45, 7) is 11.3. The number of nitrogens with zero attached hydrogens (tertiary/aromatic N) is 1. The second-order valence-corrected chi connectivity index (χ2v) is 7.04. The van der Waals surface area contributed by atoms with Gasteiger partial charge in [-0.3, -0.25) is 0 Å². The largest absolute Gasteiger partial charge is 0.377 e. The van der Waals surface area contributed by atoms with E-state index < -0.39 is 0 Å². The van der Waals surface area contributed by atoms with E-state index in [0.717, 1.165) is 25.0 Å². The summed E-state index contributed by atoms with van der Waals surface area (Å²) in [4.78, 5) is 2.59. The third kappa shape index (κ3) is 4.44. The van der Waals surface area contributed by atoms with Gasteiger partial charge in [0.05, 0.1) is 6.10 Å². The molecule has 0 amide bonds. The van der Waals surface area contributed by atoms with Gasteiger partial charge < -0.3 is 15.4 Å². The van der Waals surface area contributed by atoms with E-state index >= 15 is 0 Å². The van der Waals surface area contributed by atoms with E-state index in [-0.39, 0.29) is 0 Å². The summed E-state index contributed by atoms with van der Waals surface area (Å²) < 4.78 is 5.74. The average molecular weight is 268 g/mol. The molecule has 0 bridgehead atoms. The van der Waals surface area contributed by atoms with Crippen LogP contribution in [0.3, 0.4) is 0 Å². The van der Waals surface area contributed by atoms with Crippen molar-refractivity contribution in [1.29, 1.82) is 0 Å². The van der Waals surface area contributed by atoms with E-state index in [1.165, 1.54) is 38.8 Å². The summed E-state index contributed by atoms with van der Waals surface area (Å²) in [6.07, 6.45) is 5.41. The van der Waals surface area contributed by atoms with Gasteiger partial charge in [-0.15, -0.1) is 0 Å². The molecule has 2 aliphatic rings. The van der Waals surface area contributed by atoms with Crippen molar-refractivity contribution < 1.29 is 4.74 Å². The van der Waals surface area contributed by atoms with E-state index in [2.05, 4.69) is 25.7 Å². The second kappa shape index (κ2) is 7.05. The van der Waals surface area contributed by atoms with Crippen molar-refractivity contribution in [2.75, 3.05) is 26.2 Å². The standard InChI is InChI=1S/C16H32N2O/c1-12(2)14-5-6-16(17)15(9-14)11-18-7-4-8-19-13(3)10-18/h12-16H,4-11,17H2,1-3H3. The number of hydrogen-bond acceptors (Lipinski definition) is 3. The van der Waals surface area contributed by atoms with Crippen molar-refractivity contribution in [3.8, 4) is 0 Å². The molecule has 1 saturated carbocycles. The molecule has 1 aliphatic heterocycles. The molecule has 19 heavy (non-hydrogen) atoms. The Bertz CT molecular complexity index is 269. The monoisotopic (exact) mass is 268 g/mol. The minimum Gasteiger partial charge on any atom is -0.377 e. The van der Waals surface area contributed by atoms with E-state index in [4.69, 9.17) is 10.5 Å². The summed E-state index contributed by atoms with van der Waals surface area (Å²) >= 11 is 0. The quantitative estimate of drug-likeness (QED) is 0.854. The van der Waals surface area contributed by atoms with Crippen molar-refractivity contribution in [1.82, 2.24) is 4.90 Å². The fourth-order valence-electron chi connectivity index (χ4n) is 3.72. The predicted molar refractivity (Wildman–Crippen MR) is 80.1 cm³/mol. The SMILES string of the molecule is CC1CN(CC2CC(C(C)C)CCC2N)CCCO1. The average Bonchev–Trinajstić information content (AvgIpc) is 2.56. The topological polar surface area (TPSA) is 38.5 Å². The number of ether oxygens (including phenoxy) is 1. The van der Waals surface area contributed by atoms with Crippen molar-refractivity contribution in [3.05, 3.63) is 0 Å². The van der Waals surface area contributed by atoms with Crippen molar-refractivity contribution in [2.24, 2.45) is 23.5 Å². The first kappa shape index (κ1) is 15.3. The van der Waals surface area contributed by atoms with Crippen LogP contribution in [0.15, 0.2) is 0 Å². The minimum atomic E-state index is 0.378. The molecule has 3 nitrogen and oxygen atoms in total. The van der Waals surface area contributed by atoms with Gasteiger partial charge in [0.2, 0.25) is 0 Å². The molecule has 0 aromatic heterocycles. The maximum atomic E-state index is 6.37. The van der Waals surface area contributed by atoms with Crippen molar-refractivity contribution >= 4 is 0 Å². The highest BCUT2D eigenvalue weighted by Gasteiger charge is 2.31. The smallest absolute Gasteiger partial charge is 0.0673 e. The van der Waals surface area contributed by atoms with Crippen LogP contribution in [-0.2, 0) is 4.74 Å². The van der Waals surface area contributed by atoms with E-state index in [1.54, 1.807) is 0 Å². The Morgan fingerprint density at radius 2 is 2.11 bits per heavy atom. The van der Waals surface area contributed by atoms with Crippen LogP contribution in [-0.4, -0.2) is 43.3 Å². The lowest BCUT2D eigenvalue weighted by Gasteiger charge is -2.38. The first-order chi connectivity index (χ1) is 9.06. The zero-order chi connectivity index (χ0) is 13.8. The highest BCUT2D eigenvalue weighted by molar-refractivity contribution is 4.86. The lowest BCUT2D eigenvalue weighted by atomic mass is 9.73. The molecule has 2 N–H and O–H groups in total. The van der Waals surface area contributed by atoms with Crippen LogP contribution in [0.5, 0.6) is 0 Å². The van der Waals surface area contributed by atoms with E-state index in [1.807, 2.05) is 0 Å². The Morgan fingerprint density at radius 1 is 1.32 bits per heavy atom.